The lowest BCUT2D eigenvalue weighted by Gasteiger charge is -2.27. The molecule has 0 bridgehead atoms. The van der Waals surface area contributed by atoms with E-state index in [-0.39, 0.29) is 6.04 Å². The summed E-state index contributed by atoms with van der Waals surface area (Å²) in [6.45, 7) is 2.18. The van der Waals surface area contributed by atoms with Gasteiger partial charge in [-0.1, -0.05) is 37.5 Å². The molecule has 1 atom stereocenters. The normalized spacial score (nSPS) is 18.9. The average Bonchev–Trinajstić information content (AvgIpc) is 2.78. The summed E-state index contributed by atoms with van der Waals surface area (Å²) in [6.07, 6.45) is 8.92. The molecule has 0 amide bonds. The molecule has 3 rings (SSSR count). The van der Waals surface area contributed by atoms with Crippen LogP contribution < -0.4 is 5.73 Å². The molecule has 2 heteroatoms. The van der Waals surface area contributed by atoms with Crippen LogP contribution in [-0.4, -0.2) is 4.57 Å². The highest BCUT2D eigenvalue weighted by Crippen LogP contribution is 2.36. The molecule has 1 aliphatic carbocycles. The fraction of sp³-hybridized carbons (Fsp3) is 0.529. The van der Waals surface area contributed by atoms with Gasteiger partial charge in [-0.15, -0.1) is 0 Å². The van der Waals surface area contributed by atoms with Crippen LogP contribution in [0.15, 0.2) is 24.4 Å². The van der Waals surface area contributed by atoms with E-state index in [1.165, 1.54) is 54.1 Å². The largest absolute Gasteiger partial charge is 0.350 e. The second-order valence-corrected chi connectivity index (χ2v) is 6.09. The molecule has 1 aromatic heterocycles. The summed E-state index contributed by atoms with van der Waals surface area (Å²) >= 11 is 0. The van der Waals surface area contributed by atoms with Crippen molar-refractivity contribution in [2.45, 2.75) is 45.1 Å². The first-order valence-electron chi connectivity index (χ1n) is 7.48. The molecule has 2 nitrogen and oxygen atoms in total. The number of aryl methyl sites for hydroxylation is 2. The summed E-state index contributed by atoms with van der Waals surface area (Å²) in [7, 11) is 2.13. The van der Waals surface area contributed by atoms with E-state index in [1.807, 2.05) is 0 Å². The molecule has 102 valence electrons. The lowest BCUT2D eigenvalue weighted by molar-refractivity contribution is 0.309. The Morgan fingerprint density at radius 2 is 1.95 bits per heavy atom. The van der Waals surface area contributed by atoms with Crippen molar-refractivity contribution >= 4 is 10.9 Å². The highest BCUT2D eigenvalue weighted by atomic mass is 14.9. The highest BCUT2D eigenvalue weighted by molar-refractivity contribution is 5.87. The van der Waals surface area contributed by atoms with E-state index in [9.17, 15) is 0 Å². The maximum Gasteiger partial charge on any atom is 0.0510 e. The Bertz CT molecular complexity index is 576. The van der Waals surface area contributed by atoms with Crippen molar-refractivity contribution in [1.29, 1.82) is 0 Å². The molecule has 0 aliphatic heterocycles. The summed E-state index contributed by atoms with van der Waals surface area (Å²) < 4.78 is 2.24. The summed E-state index contributed by atoms with van der Waals surface area (Å²) in [4.78, 5) is 0. The van der Waals surface area contributed by atoms with Crippen LogP contribution in [0, 0.1) is 12.8 Å². The molecule has 1 saturated carbocycles. The van der Waals surface area contributed by atoms with Gasteiger partial charge >= 0.3 is 0 Å². The zero-order chi connectivity index (χ0) is 13.4. The molecule has 0 radical (unpaired) electrons. The second kappa shape index (κ2) is 5.01. The molecule has 1 unspecified atom stereocenters. The van der Waals surface area contributed by atoms with E-state index in [4.69, 9.17) is 5.73 Å². The lowest BCUT2D eigenvalue weighted by Crippen LogP contribution is -2.23. The van der Waals surface area contributed by atoms with Crippen molar-refractivity contribution in [3.63, 3.8) is 0 Å². The Balaban J connectivity index is 2.02. The monoisotopic (exact) mass is 256 g/mol. The number of hydrogen-bond donors (Lipinski definition) is 1. The third kappa shape index (κ3) is 2.18. The quantitative estimate of drug-likeness (QED) is 0.863. The highest BCUT2D eigenvalue weighted by Gasteiger charge is 2.24. The Morgan fingerprint density at radius 1 is 1.21 bits per heavy atom. The predicted molar refractivity (Wildman–Crippen MR) is 81.2 cm³/mol. The molecule has 1 aliphatic rings. The van der Waals surface area contributed by atoms with Crippen molar-refractivity contribution < 1.29 is 0 Å². The van der Waals surface area contributed by atoms with Crippen LogP contribution in [0.25, 0.3) is 10.9 Å². The van der Waals surface area contributed by atoms with Crippen LogP contribution in [0.3, 0.4) is 0 Å². The Morgan fingerprint density at radius 3 is 2.68 bits per heavy atom. The fourth-order valence-electron chi connectivity index (χ4n) is 3.72. The maximum absolute atomic E-state index is 6.59. The van der Waals surface area contributed by atoms with Gasteiger partial charge in [0.2, 0.25) is 0 Å². The van der Waals surface area contributed by atoms with E-state index >= 15 is 0 Å². The lowest BCUT2D eigenvalue weighted by atomic mass is 9.81. The third-order valence-electron chi connectivity index (χ3n) is 4.75. The van der Waals surface area contributed by atoms with Crippen LogP contribution in [0.2, 0.25) is 0 Å². The van der Waals surface area contributed by atoms with Crippen molar-refractivity contribution in [3.05, 3.63) is 35.5 Å². The van der Waals surface area contributed by atoms with Crippen molar-refractivity contribution in [2.24, 2.45) is 18.7 Å². The van der Waals surface area contributed by atoms with Gasteiger partial charge < -0.3 is 10.3 Å². The summed E-state index contributed by atoms with van der Waals surface area (Å²) in [5, 5.41) is 1.35. The summed E-state index contributed by atoms with van der Waals surface area (Å²) in [5.41, 5.74) is 10.6. The Labute approximate surface area is 115 Å². The van der Waals surface area contributed by atoms with Gasteiger partial charge in [0.25, 0.3) is 0 Å². The van der Waals surface area contributed by atoms with E-state index in [2.05, 4.69) is 42.9 Å². The zero-order valence-electron chi connectivity index (χ0n) is 12.0. The Kier molecular flexibility index (Phi) is 3.36. The number of para-hydroxylation sites is 1. The zero-order valence-corrected chi connectivity index (χ0v) is 12.0. The van der Waals surface area contributed by atoms with E-state index in [0.29, 0.717) is 5.92 Å². The topological polar surface area (TPSA) is 30.9 Å². The second-order valence-electron chi connectivity index (χ2n) is 6.09. The molecular weight excluding hydrogens is 232 g/mol. The number of nitrogens with two attached hydrogens (primary N) is 1. The molecular formula is C17H24N2. The van der Waals surface area contributed by atoms with Crippen molar-refractivity contribution in [3.8, 4) is 0 Å². The van der Waals surface area contributed by atoms with Gasteiger partial charge in [-0.2, -0.15) is 0 Å². The predicted octanol–water partition coefficient (Wildman–Crippen LogP) is 4.07. The smallest absolute Gasteiger partial charge is 0.0510 e. The molecule has 1 aromatic carbocycles. The first-order valence-corrected chi connectivity index (χ1v) is 7.48. The van der Waals surface area contributed by atoms with Crippen LogP contribution in [0.5, 0.6) is 0 Å². The third-order valence-corrected chi connectivity index (χ3v) is 4.75. The minimum Gasteiger partial charge on any atom is -0.350 e. The molecule has 0 saturated heterocycles. The van der Waals surface area contributed by atoms with E-state index < -0.39 is 0 Å². The van der Waals surface area contributed by atoms with Gasteiger partial charge in [0, 0.05) is 24.7 Å². The number of aromatic nitrogens is 1. The average molecular weight is 256 g/mol. The molecule has 2 N–H and O–H groups in total. The van der Waals surface area contributed by atoms with Crippen molar-refractivity contribution in [1.82, 2.24) is 4.57 Å². The molecule has 1 heterocycles. The van der Waals surface area contributed by atoms with Crippen molar-refractivity contribution in [2.75, 3.05) is 0 Å². The van der Waals surface area contributed by atoms with E-state index in [1.54, 1.807) is 0 Å². The molecule has 0 spiro atoms. The van der Waals surface area contributed by atoms with Gasteiger partial charge in [-0.3, -0.25) is 0 Å². The van der Waals surface area contributed by atoms with Crippen LogP contribution in [0.4, 0.5) is 0 Å². The number of rotatable bonds is 2. The first-order chi connectivity index (χ1) is 9.18. The van der Waals surface area contributed by atoms with Crippen LogP contribution in [-0.2, 0) is 7.05 Å². The van der Waals surface area contributed by atoms with Gasteiger partial charge in [0.15, 0.2) is 0 Å². The maximum atomic E-state index is 6.59. The summed E-state index contributed by atoms with van der Waals surface area (Å²) in [6, 6.07) is 6.75. The molecule has 1 fully saturated rings. The van der Waals surface area contributed by atoms with Gasteiger partial charge in [0.05, 0.1) is 5.52 Å². The van der Waals surface area contributed by atoms with E-state index in [0.717, 1.165) is 0 Å². The number of nitrogens with zero attached hydrogens (tertiary/aromatic N) is 1. The SMILES string of the molecule is Cc1cccc2c(C(N)C3CCCCC3)cn(C)c12. The van der Waals surface area contributed by atoms with Gasteiger partial charge in [-0.25, -0.2) is 0 Å². The first kappa shape index (κ1) is 12.7. The summed E-state index contributed by atoms with van der Waals surface area (Å²) in [5.74, 6) is 0.667. The standard InChI is InChI=1S/C17H24N2/c1-12-7-6-10-14-15(11-19(2)17(12)14)16(18)13-8-4-3-5-9-13/h6-7,10-11,13,16H,3-5,8-9,18H2,1-2H3. The minimum absolute atomic E-state index is 0.200. The fourth-order valence-corrected chi connectivity index (χ4v) is 3.72. The molecule has 19 heavy (non-hydrogen) atoms. The van der Waals surface area contributed by atoms with Gasteiger partial charge in [-0.05, 0) is 36.8 Å². The number of benzene rings is 1. The molecule has 2 aromatic rings. The number of fused-ring (bicyclic) bond motifs is 1. The Hall–Kier alpha value is -1.28. The van der Waals surface area contributed by atoms with Crippen LogP contribution >= 0.6 is 0 Å². The minimum atomic E-state index is 0.200. The number of hydrogen-bond acceptors (Lipinski definition) is 1. The van der Waals surface area contributed by atoms with Gasteiger partial charge in [0.1, 0.15) is 0 Å². The van der Waals surface area contributed by atoms with Crippen LogP contribution in [0.1, 0.15) is 49.3 Å².